The van der Waals surface area contributed by atoms with Crippen LogP contribution in [0.25, 0.3) is 0 Å². The highest BCUT2D eigenvalue weighted by molar-refractivity contribution is 7.92. The van der Waals surface area contributed by atoms with Crippen molar-refractivity contribution in [1.29, 1.82) is 0 Å². The summed E-state index contributed by atoms with van der Waals surface area (Å²) in [5.74, 6) is -0.204. The van der Waals surface area contributed by atoms with E-state index in [-0.39, 0.29) is 34.9 Å². The molecule has 182 valence electrons. The van der Waals surface area contributed by atoms with Gasteiger partial charge in [0.25, 0.3) is 21.8 Å². The molecule has 35 heavy (non-hydrogen) atoms. The van der Waals surface area contributed by atoms with Crippen LogP contribution < -0.4 is 10.0 Å². The van der Waals surface area contributed by atoms with Crippen LogP contribution in [-0.4, -0.2) is 42.7 Å². The van der Waals surface area contributed by atoms with E-state index < -0.39 is 10.0 Å². The van der Waals surface area contributed by atoms with Gasteiger partial charge in [-0.2, -0.15) is 0 Å². The second kappa shape index (κ2) is 10.1. The van der Waals surface area contributed by atoms with Crippen molar-refractivity contribution in [1.82, 2.24) is 10.1 Å². The maximum atomic E-state index is 12.4. The molecule has 2 aromatic carbocycles. The lowest BCUT2D eigenvalue weighted by atomic mass is 10.1. The molecule has 0 aliphatic carbocycles. The molecule has 0 radical (unpaired) electrons. The second-order valence-electron chi connectivity index (χ2n) is 8.12. The molecule has 0 spiro atoms. The summed E-state index contributed by atoms with van der Waals surface area (Å²) in [6.45, 7) is 1.96. The molecule has 0 bridgehead atoms. The number of imide groups is 1. The Morgan fingerprint density at radius 3 is 2.23 bits per heavy atom. The first-order valence-electron chi connectivity index (χ1n) is 11.1. The van der Waals surface area contributed by atoms with E-state index in [1.807, 2.05) is 0 Å². The van der Waals surface area contributed by atoms with Crippen LogP contribution in [0.1, 0.15) is 52.2 Å². The molecular formula is C24H24N4O6S. The van der Waals surface area contributed by atoms with E-state index >= 15 is 0 Å². The van der Waals surface area contributed by atoms with Crippen molar-refractivity contribution in [3.63, 3.8) is 0 Å². The van der Waals surface area contributed by atoms with Crippen molar-refractivity contribution in [2.75, 3.05) is 16.6 Å². The first-order valence-corrected chi connectivity index (χ1v) is 12.5. The lowest BCUT2D eigenvalue weighted by molar-refractivity contribution is -0.116. The smallest absolute Gasteiger partial charge is 0.263 e. The van der Waals surface area contributed by atoms with Gasteiger partial charge >= 0.3 is 0 Å². The Bertz CT molecular complexity index is 1330. The second-order valence-corrected chi connectivity index (χ2v) is 9.80. The molecule has 3 amide bonds. The van der Waals surface area contributed by atoms with Gasteiger partial charge in [-0.05, 0) is 56.2 Å². The molecule has 0 unspecified atom stereocenters. The Morgan fingerprint density at radius 2 is 1.63 bits per heavy atom. The third-order valence-electron chi connectivity index (χ3n) is 5.48. The number of nitrogens with zero attached hydrogens (tertiary/aromatic N) is 2. The summed E-state index contributed by atoms with van der Waals surface area (Å²) in [5, 5.41) is 6.34. The minimum Gasteiger partial charge on any atom is -0.360 e. The highest BCUT2D eigenvalue weighted by Gasteiger charge is 2.34. The molecule has 4 rings (SSSR count). The number of carbonyl (C=O) groups is 3. The zero-order chi connectivity index (χ0) is 25.0. The van der Waals surface area contributed by atoms with Crippen LogP contribution in [0.2, 0.25) is 0 Å². The lowest BCUT2D eigenvalue weighted by Gasteiger charge is -2.13. The van der Waals surface area contributed by atoms with Crippen LogP contribution >= 0.6 is 0 Å². The van der Waals surface area contributed by atoms with E-state index in [1.54, 1.807) is 31.2 Å². The van der Waals surface area contributed by atoms with Crippen LogP contribution in [0, 0.1) is 6.92 Å². The molecule has 3 aromatic rings. The summed E-state index contributed by atoms with van der Waals surface area (Å²) in [4.78, 5) is 38.2. The Labute approximate surface area is 202 Å². The van der Waals surface area contributed by atoms with E-state index in [0.717, 1.165) is 0 Å². The molecule has 0 fully saturated rings. The standard InChI is InChI=1S/C24H24N4O6S/c1-16-15-21(26-34-16)27-35(32,33)18-12-10-17(11-13-18)25-22(29)9-3-2-6-14-28-23(30)19-7-4-5-8-20(19)24(28)31/h4-5,7-8,10-13,15H,2-3,6,9,14H2,1H3,(H,25,29)(H,26,27). The third-order valence-corrected chi connectivity index (χ3v) is 6.85. The minimum absolute atomic E-state index is 0.0179. The summed E-state index contributed by atoms with van der Waals surface area (Å²) in [5.41, 5.74) is 1.33. The van der Waals surface area contributed by atoms with Crippen molar-refractivity contribution >= 4 is 39.3 Å². The van der Waals surface area contributed by atoms with Gasteiger partial charge in [0, 0.05) is 24.7 Å². The number of hydrogen-bond acceptors (Lipinski definition) is 7. The number of carbonyl (C=O) groups excluding carboxylic acids is 3. The van der Waals surface area contributed by atoms with Crippen molar-refractivity contribution in [2.24, 2.45) is 0 Å². The first kappa shape index (κ1) is 24.1. The molecule has 2 N–H and O–H groups in total. The van der Waals surface area contributed by atoms with Gasteiger partial charge in [0.05, 0.1) is 16.0 Å². The normalized spacial score (nSPS) is 13.1. The molecular weight excluding hydrogens is 472 g/mol. The van der Waals surface area contributed by atoms with Gasteiger partial charge in [-0.15, -0.1) is 0 Å². The van der Waals surface area contributed by atoms with E-state index in [4.69, 9.17) is 4.52 Å². The number of amides is 3. The number of unbranched alkanes of at least 4 members (excludes halogenated alkanes) is 2. The molecule has 11 heteroatoms. The average molecular weight is 497 g/mol. The Hall–Kier alpha value is -3.99. The Morgan fingerprint density at radius 1 is 0.971 bits per heavy atom. The van der Waals surface area contributed by atoms with Crippen LogP contribution in [-0.2, 0) is 14.8 Å². The summed E-state index contributed by atoms with van der Waals surface area (Å²) >= 11 is 0. The fourth-order valence-electron chi connectivity index (χ4n) is 3.73. The minimum atomic E-state index is -3.84. The van der Waals surface area contributed by atoms with Crippen LogP contribution in [0.4, 0.5) is 11.5 Å². The van der Waals surface area contributed by atoms with Crippen LogP contribution in [0.5, 0.6) is 0 Å². The summed E-state index contributed by atoms with van der Waals surface area (Å²) in [6, 6.07) is 14.0. The first-order chi connectivity index (χ1) is 16.7. The van der Waals surface area contributed by atoms with Gasteiger partial charge in [-0.1, -0.05) is 23.7 Å². The van der Waals surface area contributed by atoms with Crippen molar-refractivity contribution < 1.29 is 27.3 Å². The van der Waals surface area contributed by atoms with Crippen molar-refractivity contribution in [2.45, 2.75) is 37.5 Å². The van der Waals surface area contributed by atoms with Crippen LogP contribution in [0.15, 0.2) is 64.0 Å². The lowest BCUT2D eigenvalue weighted by Crippen LogP contribution is -2.30. The monoisotopic (exact) mass is 496 g/mol. The molecule has 1 aliphatic heterocycles. The Kier molecular flexibility index (Phi) is 6.97. The van der Waals surface area contributed by atoms with Crippen molar-refractivity contribution in [3.05, 3.63) is 71.5 Å². The highest BCUT2D eigenvalue weighted by Crippen LogP contribution is 2.23. The predicted octanol–water partition coefficient (Wildman–Crippen LogP) is 3.58. The van der Waals surface area contributed by atoms with Crippen LogP contribution in [0.3, 0.4) is 0 Å². The maximum absolute atomic E-state index is 12.4. The van der Waals surface area contributed by atoms with Gasteiger partial charge in [-0.3, -0.25) is 24.0 Å². The van der Waals surface area contributed by atoms with E-state index in [0.29, 0.717) is 48.4 Å². The van der Waals surface area contributed by atoms with Gasteiger partial charge in [0.2, 0.25) is 5.91 Å². The SMILES string of the molecule is Cc1cc(NS(=O)(=O)c2ccc(NC(=O)CCCCCN3C(=O)c4ccccc4C3=O)cc2)no1. The van der Waals surface area contributed by atoms with E-state index in [9.17, 15) is 22.8 Å². The Balaban J connectivity index is 1.19. The largest absolute Gasteiger partial charge is 0.360 e. The number of nitrogens with one attached hydrogen (secondary N) is 2. The maximum Gasteiger partial charge on any atom is 0.263 e. The number of aryl methyl sites for hydroxylation is 1. The molecule has 2 heterocycles. The summed E-state index contributed by atoms with van der Waals surface area (Å²) < 4.78 is 32.0. The number of benzene rings is 2. The molecule has 0 saturated heterocycles. The fraction of sp³-hybridized carbons (Fsp3) is 0.250. The van der Waals surface area contributed by atoms with Gasteiger partial charge < -0.3 is 9.84 Å². The number of rotatable bonds is 10. The predicted molar refractivity (Wildman–Crippen MR) is 127 cm³/mol. The molecule has 0 atom stereocenters. The van der Waals surface area contributed by atoms with E-state index in [2.05, 4.69) is 15.2 Å². The summed E-state index contributed by atoms with van der Waals surface area (Å²) in [7, 11) is -3.84. The van der Waals surface area contributed by atoms with Gasteiger partial charge in [-0.25, -0.2) is 8.42 Å². The van der Waals surface area contributed by atoms with Gasteiger partial charge in [0.1, 0.15) is 5.76 Å². The quantitative estimate of drug-likeness (QED) is 0.323. The number of sulfonamides is 1. The zero-order valence-corrected chi connectivity index (χ0v) is 19.8. The molecule has 10 nitrogen and oxygen atoms in total. The number of anilines is 2. The van der Waals surface area contributed by atoms with Crippen molar-refractivity contribution in [3.8, 4) is 0 Å². The zero-order valence-electron chi connectivity index (χ0n) is 19.0. The average Bonchev–Trinajstić information content (AvgIpc) is 3.34. The number of hydrogen-bond donors (Lipinski definition) is 2. The van der Waals surface area contributed by atoms with E-state index in [1.165, 1.54) is 35.2 Å². The topological polar surface area (TPSA) is 139 Å². The fourth-order valence-corrected chi connectivity index (χ4v) is 4.71. The third kappa shape index (κ3) is 5.57. The number of fused-ring (bicyclic) bond motifs is 1. The highest BCUT2D eigenvalue weighted by atomic mass is 32.2. The number of aromatic nitrogens is 1. The molecule has 1 aromatic heterocycles. The molecule has 0 saturated carbocycles. The molecule has 1 aliphatic rings. The summed E-state index contributed by atoms with van der Waals surface area (Å²) in [6.07, 6.45) is 2.12. The van der Waals surface area contributed by atoms with Gasteiger partial charge in [0.15, 0.2) is 5.82 Å².